The standard InChI is InChI=1S/C19H23N3O3/c23-22(24)16-5-6-17-14(12-16)4-7-18(21-17)20-15-8-11-25-19(13-15)9-2-1-3-10-19/h4-7,12,15H,1-3,8-11,13H2,(H,20,21). The highest BCUT2D eigenvalue weighted by atomic mass is 16.6. The molecular formula is C19H23N3O3. The summed E-state index contributed by atoms with van der Waals surface area (Å²) < 4.78 is 6.16. The number of ether oxygens (including phenoxy) is 1. The van der Waals surface area contributed by atoms with Crippen molar-refractivity contribution in [2.24, 2.45) is 0 Å². The molecule has 1 aliphatic carbocycles. The van der Waals surface area contributed by atoms with E-state index in [1.54, 1.807) is 12.1 Å². The number of hydrogen-bond acceptors (Lipinski definition) is 5. The Hall–Kier alpha value is -2.21. The molecule has 2 aromatic rings. The predicted molar refractivity (Wildman–Crippen MR) is 96.8 cm³/mol. The molecule has 0 amide bonds. The molecule has 2 aliphatic rings. The minimum Gasteiger partial charge on any atom is -0.375 e. The summed E-state index contributed by atoms with van der Waals surface area (Å²) >= 11 is 0. The predicted octanol–water partition coefficient (Wildman–Crippen LogP) is 4.44. The van der Waals surface area contributed by atoms with E-state index in [0.717, 1.165) is 36.2 Å². The van der Waals surface area contributed by atoms with Gasteiger partial charge in [0.15, 0.2) is 0 Å². The summed E-state index contributed by atoms with van der Waals surface area (Å²) in [5.41, 5.74) is 0.930. The molecule has 1 aromatic carbocycles. The van der Waals surface area contributed by atoms with Crippen LogP contribution in [0.2, 0.25) is 0 Å². The van der Waals surface area contributed by atoms with Crippen LogP contribution in [0.3, 0.4) is 0 Å². The van der Waals surface area contributed by atoms with Crippen molar-refractivity contribution in [2.75, 3.05) is 11.9 Å². The van der Waals surface area contributed by atoms with Gasteiger partial charge < -0.3 is 10.1 Å². The van der Waals surface area contributed by atoms with Gasteiger partial charge in [0.1, 0.15) is 5.82 Å². The number of nitrogens with zero attached hydrogens (tertiary/aromatic N) is 2. The zero-order chi connectivity index (χ0) is 17.3. The first-order valence-corrected chi connectivity index (χ1v) is 9.09. The van der Waals surface area contributed by atoms with Crippen molar-refractivity contribution in [3.05, 3.63) is 40.4 Å². The van der Waals surface area contributed by atoms with Gasteiger partial charge in [-0.2, -0.15) is 0 Å². The van der Waals surface area contributed by atoms with E-state index in [1.165, 1.54) is 38.2 Å². The average molecular weight is 341 g/mol. The van der Waals surface area contributed by atoms with Crippen molar-refractivity contribution in [2.45, 2.75) is 56.6 Å². The summed E-state index contributed by atoms with van der Waals surface area (Å²) in [4.78, 5) is 15.1. The first-order chi connectivity index (χ1) is 12.1. The average Bonchev–Trinajstić information content (AvgIpc) is 2.62. The molecule has 1 aromatic heterocycles. The molecule has 1 spiro atoms. The van der Waals surface area contributed by atoms with Gasteiger partial charge in [0.2, 0.25) is 0 Å². The Balaban J connectivity index is 1.50. The van der Waals surface area contributed by atoms with E-state index in [-0.39, 0.29) is 16.2 Å². The van der Waals surface area contributed by atoms with Crippen molar-refractivity contribution < 1.29 is 9.66 Å². The second-order valence-electron chi connectivity index (χ2n) is 7.26. The largest absolute Gasteiger partial charge is 0.375 e. The fourth-order valence-electron chi connectivity index (χ4n) is 4.21. The fourth-order valence-corrected chi connectivity index (χ4v) is 4.21. The molecule has 1 saturated carbocycles. The van der Waals surface area contributed by atoms with Crippen LogP contribution in [-0.4, -0.2) is 28.2 Å². The quantitative estimate of drug-likeness (QED) is 0.660. The van der Waals surface area contributed by atoms with Crippen molar-refractivity contribution in [1.82, 2.24) is 4.98 Å². The van der Waals surface area contributed by atoms with E-state index in [4.69, 9.17) is 4.74 Å². The van der Waals surface area contributed by atoms with Crippen LogP contribution >= 0.6 is 0 Å². The normalized spacial score (nSPS) is 22.8. The highest BCUT2D eigenvalue weighted by Crippen LogP contribution is 2.39. The number of nitrogens with one attached hydrogen (secondary N) is 1. The van der Waals surface area contributed by atoms with Crippen molar-refractivity contribution >= 4 is 22.4 Å². The molecule has 2 heterocycles. The minimum atomic E-state index is -0.378. The van der Waals surface area contributed by atoms with Crippen molar-refractivity contribution in [3.63, 3.8) is 0 Å². The van der Waals surface area contributed by atoms with Crippen LogP contribution in [0.5, 0.6) is 0 Å². The summed E-state index contributed by atoms with van der Waals surface area (Å²) in [5.74, 6) is 0.833. The molecule has 1 unspecified atom stereocenters. The SMILES string of the molecule is O=[N+]([O-])c1ccc2nc(NC3CCOC4(CCCCC4)C3)ccc2c1. The lowest BCUT2D eigenvalue weighted by Gasteiger charge is -2.43. The molecule has 6 heteroatoms. The van der Waals surface area contributed by atoms with Gasteiger partial charge in [-0.05, 0) is 43.9 Å². The topological polar surface area (TPSA) is 77.3 Å². The van der Waals surface area contributed by atoms with Gasteiger partial charge in [0.25, 0.3) is 5.69 Å². The highest BCUT2D eigenvalue weighted by molar-refractivity contribution is 5.82. The number of nitro groups is 1. The van der Waals surface area contributed by atoms with Crippen LogP contribution in [0.4, 0.5) is 11.5 Å². The zero-order valence-electron chi connectivity index (χ0n) is 14.2. The molecule has 132 valence electrons. The first kappa shape index (κ1) is 16.3. The van der Waals surface area contributed by atoms with E-state index in [9.17, 15) is 10.1 Å². The van der Waals surface area contributed by atoms with E-state index < -0.39 is 0 Å². The summed E-state index contributed by atoms with van der Waals surface area (Å²) in [5, 5.41) is 15.2. The van der Waals surface area contributed by atoms with Crippen LogP contribution in [0.15, 0.2) is 30.3 Å². The van der Waals surface area contributed by atoms with Gasteiger partial charge in [0, 0.05) is 30.2 Å². The molecule has 0 radical (unpaired) electrons. The number of anilines is 1. The second-order valence-corrected chi connectivity index (χ2v) is 7.26. The number of fused-ring (bicyclic) bond motifs is 1. The first-order valence-electron chi connectivity index (χ1n) is 9.09. The van der Waals surface area contributed by atoms with Gasteiger partial charge in [-0.25, -0.2) is 4.98 Å². The third-order valence-corrected chi connectivity index (χ3v) is 5.49. The minimum absolute atomic E-state index is 0.0611. The number of nitro benzene ring substituents is 1. The number of benzene rings is 1. The Morgan fingerprint density at radius 1 is 1.20 bits per heavy atom. The van der Waals surface area contributed by atoms with Gasteiger partial charge in [-0.3, -0.25) is 10.1 Å². The molecule has 4 rings (SSSR count). The summed E-state index contributed by atoms with van der Waals surface area (Å²) in [6, 6.07) is 8.96. The molecule has 1 N–H and O–H groups in total. The van der Waals surface area contributed by atoms with Gasteiger partial charge in [0.05, 0.1) is 16.0 Å². The molecule has 6 nitrogen and oxygen atoms in total. The molecule has 1 saturated heterocycles. The molecular weight excluding hydrogens is 318 g/mol. The fraction of sp³-hybridized carbons (Fsp3) is 0.526. The third kappa shape index (κ3) is 3.44. The zero-order valence-corrected chi connectivity index (χ0v) is 14.2. The number of pyridine rings is 1. The van der Waals surface area contributed by atoms with E-state index in [1.807, 2.05) is 12.1 Å². The van der Waals surface area contributed by atoms with E-state index in [2.05, 4.69) is 10.3 Å². The monoisotopic (exact) mass is 341 g/mol. The van der Waals surface area contributed by atoms with Crippen LogP contribution < -0.4 is 5.32 Å². The van der Waals surface area contributed by atoms with Gasteiger partial charge >= 0.3 is 0 Å². The number of non-ortho nitro benzene ring substituents is 1. The number of hydrogen-bond donors (Lipinski definition) is 1. The summed E-state index contributed by atoms with van der Waals surface area (Å²) in [6.07, 6.45) is 8.20. The molecule has 0 bridgehead atoms. The summed E-state index contributed by atoms with van der Waals surface area (Å²) in [6.45, 7) is 0.803. The Bertz CT molecular complexity index is 781. The maximum absolute atomic E-state index is 10.9. The van der Waals surface area contributed by atoms with Gasteiger partial charge in [-0.15, -0.1) is 0 Å². The van der Waals surface area contributed by atoms with Crippen molar-refractivity contribution in [3.8, 4) is 0 Å². The van der Waals surface area contributed by atoms with Crippen LogP contribution in [-0.2, 0) is 4.74 Å². The highest BCUT2D eigenvalue weighted by Gasteiger charge is 2.38. The molecule has 1 aliphatic heterocycles. The third-order valence-electron chi connectivity index (χ3n) is 5.49. The molecule has 2 fully saturated rings. The van der Waals surface area contributed by atoms with E-state index in [0.29, 0.717) is 6.04 Å². The Morgan fingerprint density at radius 3 is 2.84 bits per heavy atom. The lowest BCUT2D eigenvalue weighted by Crippen LogP contribution is -2.45. The van der Waals surface area contributed by atoms with Crippen molar-refractivity contribution in [1.29, 1.82) is 0 Å². The smallest absolute Gasteiger partial charge is 0.270 e. The Kier molecular flexibility index (Phi) is 4.29. The lowest BCUT2D eigenvalue weighted by atomic mass is 9.78. The second kappa shape index (κ2) is 6.59. The Labute approximate surface area is 146 Å². The van der Waals surface area contributed by atoms with Crippen LogP contribution in [0.25, 0.3) is 10.9 Å². The summed E-state index contributed by atoms with van der Waals surface area (Å²) in [7, 11) is 0. The molecule has 1 atom stereocenters. The number of aromatic nitrogens is 1. The van der Waals surface area contributed by atoms with E-state index >= 15 is 0 Å². The maximum Gasteiger partial charge on any atom is 0.270 e. The van der Waals surface area contributed by atoms with Crippen LogP contribution in [0, 0.1) is 10.1 Å². The van der Waals surface area contributed by atoms with Crippen LogP contribution in [0.1, 0.15) is 44.9 Å². The Morgan fingerprint density at radius 2 is 2.04 bits per heavy atom. The molecule has 25 heavy (non-hydrogen) atoms. The number of rotatable bonds is 3. The maximum atomic E-state index is 10.9. The lowest BCUT2D eigenvalue weighted by molar-refractivity contribution is -0.384. The van der Waals surface area contributed by atoms with Gasteiger partial charge in [-0.1, -0.05) is 19.3 Å².